The molecular weight excluding hydrogens is 388 g/mol. The van der Waals surface area contributed by atoms with Crippen LogP contribution in [-0.2, 0) is 0 Å². The molecule has 0 saturated heterocycles. The van der Waals surface area contributed by atoms with Crippen molar-refractivity contribution in [3.8, 4) is 17.3 Å². The largest absolute Gasteiger partial charge is 0.321 e. The Morgan fingerprint density at radius 3 is 2.65 bits per heavy atom. The molecule has 0 bridgehead atoms. The molecule has 1 atom stereocenters. The Labute approximate surface area is 182 Å². The van der Waals surface area contributed by atoms with Gasteiger partial charge in [0.05, 0.1) is 35.6 Å². The van der Waals surface area contributed by atoms with E-state index in [1.807, 2.05) is 43.8 Å². The molecule has 0 unspecified atom stereocenters. The van der Waals surface area contributed by atoms with Crippen molar-refractivity contribution in [1.82, 2.24) is 19.7 Å². The Kier molecular flexibility index (Phi) is 5.81. The van der Waals surface area contributed by atoms with Crippen molar-refractivity contribution in [2.75, 3.05) is 5.32 Å². The van der Waals surface area contributed by atoms with Gasteiger partial charge in [0.25, 0.3) is 0 Å². The number of carbonyl (C=O) groups is 1. The van der Waals surface area contributed by atoms with Crippen LogP contribution in [0.1, 0.15) is 55.1 Å². The fourth-order valence-electron chi connectivity index (χ4n) is 3.43. The molecule has 3 aromatic rings. The number of aryl methyl sites for hydroxylation is 1. The standard InChI is InChI=1S/C24H26N6O/c1-15(2)19(11-25)10-22(31)17-4-6-18(7-5-17)23-16(3)12-26-24(29-23)28-20-13-27-30(14-20)21-8-9-21/h4-7,12-15,19,21H,8-10H2,1-3H3,(H,26,28,29)/t19-/m1/s1. The number of ketones is 1. The number of nitriles is 1. The topological polar surface area (TPSA) is 96.5 Å². The summed E-state index contributed by atoms with van der Waals surface area (Å²) in [7, 11) is 0. The molecule has 1 aliphatic rings. The number of hydrogen-bond acceptors (Lipinski definition) is 6. The van der Waals surface area contributed by atoms with Gasteiger partial charge in [0.1, 0.15) is 0 Å². The summed E-state index contributed by atoms with van der Waals surface area (Å²) in [5.74, 6) is 0.375. The number of nitrogens with one attached hydrogen (secondary N) is 1. The highest BCUT2D eigenvalue weighted by molar-refractivity contribution is 5.96. The summed E-state index contributed by atoms with van der Waals surface area (Å²) in [6.07, 6.45) is 8.15. The molecule has 158 valence electrons. The van der Waals surface area contributed by atoms with E-state index >= 15 is 0 Å². The van der Waals surface area contributed by atoms with Crippen LogP contribution in [-0.4, -0.2) is 25.5 Å². The van der Waals surface area contributed by atoms with E-state index < -0.39 is 0 Å². The summed E-state index contributed by atoms with van der Waals surface area (Å²) >= 11 is 0. The number of carbonyl (C=O) groups excluding carboxylic acids is 1. The van der Waals surface area contributed by atoms with Gasteiger partial charge in [-0.05, 0) is 31.2 Å². The smallest absolute Gasteiger partial charge is 0.227 e. The van der Waals surface area contributed by atoms with Crippen molar-refractivity contribution < 1.29 is 4.79 Å². The van der Waals surface area contributed by atoms with Gasteiger partial charge in [-0.2, -0.15) is 10.4 Å². The number of anilines is 2. The number of nitrogens with zero attached hydrogens (tertiary/aromatic N) is 5. The Bertz CT molecular complexity index is 1120. The summed E-state index contributed by atoms with van der Waals surface area (Å²) in [4.78, 5) is 21.6. The molecular formula is C24H26N6O. The number of benzene rings is 1. The Hall–Kier alpha value is -3.53. The predicted octanol–water partition coefficient (Wildman–Crippen LogP) is 5.10. The van der Waals surface area contributed by atoms with Crippen LogP contribution in [0.2, 0.25) is 0 Å². The van der Waals surface area contributed by atoms with Crippen LogP contribution < -0.4 is 5.32 Å². The molecule has 0 radical (unpaired) electrons. The lowest BCUT2D eigenvalue weighted by molar-refractivity contribution is 0.0962. The minimum absolute atomic E-state index is 0.0127. The molecule has 0 amide bonds. The summed E-state index contributed by atoms with van der Waals surface area (Å²) in [5, 5.41) is 16.9. The third-order valence-corrected chi connectivity index (χ3v) is 5.61. The van der Waals surface area contributed by atoms with Crippen LogP contribution in [0.25, 0.3) is 11.3 Å². The second-order valence-corrected chi connectivity index (χ2v) is 8.47. The van der Waals surface area contributed by atoms with Crippen molar-refractivity contribution in [3.05, 3.63) is 54.0 Å². The molecule has 1 N–H and O–H groups in total. The van der Waals surface area contributed by atoms with E-state index in [0.717, 1.165) is 22.5 Å². The van der Waals surface area contributed by atoms with Gasteiger partial charge in [-0.15, -0.1) is 0 Å². The maximum absolute atomic E-state index is 12.6. The van der Waals surface area contributed by atoms with Gasteiger partial charge >= 0.3 is 0 Å². The van der Waals surface area contributed by atoms with Gasteiger partial charge in [0, 0.05) is 29.9 Å². The third-order valence-electron chi connectivity index (χ3n) is 5.61. The summed E-state index contributed by atoms with van der Waals surface area (Å²) in [5.41, 5.74) is 4.14. The minimum Gasteiger partial charge on any atom is -0.321 e. The molecule has 31 heavy (non-hydrogen) atoms. The molecule has 7 nitrogen and oxygen atoms in total. The maximum atomic E-state index is 12.6. The first-order valence-electron chi connectivity index (χ1n) is 10.6. The van der Waals surface area contributed by atoms with Crippen LogP contribution in [0.3, 0.4) is 0 Å². The van der Waals surface area contributed by atoms with E-state index in [0.29, 0.717) is 17.6 Å². The third kappa shape index (κ3) is 4.80. The normalized spacial score (nSPS) is 14.3. The first-order valence-corrected chi connectivity index (χ1v) is 10.6. The molecule has 1 aliphatic carbocycles. The zero-order chi connectivity index (χ0) is 22.0. The first kappa shape index (κ1) is 20.7. The molecule has 1 fully saturated rings. The lowest BCUT2D eigenvalue weighted by atomic mass is 9.90. The summed E-state index contributed by atoms with van der Waals surface area (Å²) < 4.78 is 1.98. The van der Waals surface area contributed by atoms with Crippen LogP contribution in [0.5, 0.6) is 0 Å². The van der Waals surface area contributed by atoms with Crippen molar-refractivity contribution in [3.63, 3.8) is 0 Å². The van der Waals surface area contributed by atoms with E-state index in [-0.39, 0.29) is 24.0 Å². The van der Waals surface area contributed by atoms with Crippen LogP contribution in [0, 0.1) is 30.1 Å². The lowest BCUT2D eigenvalue weighted by Gasteiger charge is -2.12. The van der Waals surface area contributed by atoms with E-state index in [4.69, 9.17) is 0 Å². The average Bonchev–Trinajstić information content (AvgIpc) is 3.52. The van der Waals surface area contributed by atoms with E-state index in [1.165, 1.54) is 12.8 Å². The Morgan fingerprint density at radius 2 is 2.00 bits per heavy atom. The fourth-order valence-corrected chi connectivity index (χ4v) is 3.43. The van der Waals surface area contributed by atoms with Gasteiger partial charge in [0.2, 0.25) is 5.95 Å². The summed E-state index contributed by atoms with van der Waals surface area (Å²) in [6, 6.07) is 10.2. The number of Topliss-reactive ketones (excluding diaryl/α,β-unsaturated/α-hetero) is 1. The Balaban J connectivity index is 1.50. The van der Waals surface area contributed by atoms with E-state index in [9.17, 15) is 10.1 Å². The fraction of sp³-hybridized carbons (Fsp3) is 0.375. The van der Waals surface area contributed by atoms with Gasteiger partial charge in [-0.25, -0.2) is 9.97 Å². The summed E-state index contributed by atoms with van der Waals surface area (Å²) in [6.45, 7) is 5.89. The molecule has 2 aromatic heterocycles. The Morgan fingerprint density at radius 1 is 1.26 bits per heavy atom. The lowest BCUT2D eigenvalue weighted by Crippen LogP contribution is -2.12. The zero-order valence-corrected chi connectivity index (χ0v) is 18.0. The van der Waals surface area contributed by atoms with Gasteiger partial charge in [-0.1, -0.05) is 38.1 Å². The highest BCUT2D eigenvalue weighted by Gasteiger charge is 2.24. The van der Waals surface area contributed by atoms with Gasteiger partial charge in [-0.3, -0.25) is 9.48 Å². The zero-order valence-electron chi connectivity index (χ0n) is 18.0. The molecule has 2 heterocycles. The van der Waals surface area contributed by atoms with E-state index in [2.05, 4.69) is 26.5 Å². The SMILES string of the molecule is Cc1cnc(Nc2cnn(C3CC3)c2)nc1-c1ccc(C(=O)C[C@H](C#N)C(C)C)cc1. The predicted molar refractivity (Wildman–Crippen MR) is 119 cm³/mol. The first-order chi connectivity index (χ1) is 14.9. The molecule has 0 spiro atoms. The van der Waals surface area contributed by atoms with Crippen molar-refractivity contribution in [2.45, 2.75) is 46.1 Å². The van der Waals surface area contributed by atoms with Crippen LogP contribution >= 0.6 is 0 Å². The highest BCUT2D eigenvalue weighted by Crippen LogP contribution is 2.34. The van der Waals surface area contributed by atoms with Crippen LogP contribution in [0.15, 0.2) is 42.9 Å². The molecule has 4 rings (SSSR count). The second kappa shape index (κ2) is 8.68. The van der Waals surface area contributed by atoms with Crippen molar-refractivity contribution >= 4 is 17.4 Å². The second-order valence-electron chi connectivity index (χ2n) is 8.47. The number of rotatable bonds is 8. The quantitative estimate of drug-likeness (QED) is 0.515. The molecule has 1 aromatic carbocycles. The number of aromatic nitrogens is 4. The molecule has 1 saturated carbocycles. The van der Waals surface area contributed by atoms with Crippen molar-refractivity contribution in [1.29, 1.82) is 5.26 Å². The highest BCUT2D eigenvalue weighted by atomic mass is 16.1. The van der Waals surface area contributed by atoms with Gasteiger partial charge in [0.15, 0.2) is 5.78 Å². The monoisotopic (exact) mass is 414 g/mol. The van der Waals surface area contributed by atoms with Crippen molar-refractivity contribution in [2.24, 2.45) is 11.8 Å². The number of hydrogen-bond donors (Lipinski definition) is 1. The minimum atomic E-state index is -0.269. The molecule has 0 aliphatic heterocycles. The maximum Gasteiger partial charge on any atom is 0.227 e. The van der Waals surface area contributed by atoms with Gasteiger partial charge < -0.3 is 5.32 Å². The molecule has 7 heteroatoms. The van der Waals surface area contributed by atoms with E-state index in [1.54, 1.807) is 24.5 Å². The van der Waals surface area contributed by atoms with Crippen LogP contribution in [0.4, 0.5) is 11.6 Å². The average molecular weight is 415 g/mol.